The van der Waals surface area contributed by atoms with E-state index in [1.165, 1.54) is 6.07 Å². The lowest BCUT2D eigenvalue weighted by atomic mass is 10.2. The van der Waals surface area contributed by atoms with E-state index >= 15 is 0 Å². The third-order valence-corrected chi connectivity index (χ3v) is 2.67. The molecule has 0 unspecified atom stereocenters. The molecular formula is C8H4F3IN2. The summed E-state index contributed by atoms with van der Waals surface area (Å²) >= 11 is 1.75. The number of nitrogens with one attached hydrogen (secondary N) is 1. The Bertz CT molecular complexity index is 481. The highest BCUT2D eigenvalue weighted by Gasteiger charge is 2.16. The van der Waals surface area contributed by atoms with Gasteiger partial charge in [0.25, 0.3) is 6.43 Å². The predicted octanol–water partition coefficient (Wildman–Crippen LogP) is 3.24. The van der Waals surface area contributed by atoms with Gasteiger partial charge in [-0.25, -0.2) is 13.2 Å². The highest BCUT2D eigenvalue weighted by molar-refractivity contribution is 14.1. The van der Waals surface area contributed by atoms with Crippen molar-refractivity contribution in [1.29, 1.82) is 0 Å². The Kier molecular flexibility index (Phi) is 2.38. The maximum atomic E-state index is 13.0. The second kappa shape index (κ2) is 3.41. The number of benzene rings is 1. The van der Waals surface area contributed by atoms with Gasteiger partial charge in [0.2, 0.25) is 0 Å². The first-order valence-electron chi connectivity index (χ1n) is 3.70. The Morgan fingerprint density at radius 3 is 2.71 bits per heavy atom. The van der Waals surface area contributed by atoms with E-state index < -0.39 is 12.2 Å². The van der Waals surface area contributed by atoms with Crippen molar-refractivity contribution in [2.75, 3.05) is 0 Å². The molecular weight excluding hydrogens is 308 g/mol. The van der Waals surface area contributed by atoms with Gasteiger partial charge < -0.3 is 0 Å². The maximum absolute atomic E-state index is 13.0. The molecule has 2 rings (SSSR count). The van der Waals surface area contributed by atoms with Crippen molar-refractivity contribution in [3.63, 3.8) is 0 Å². The number of rotatable bonds is 1. The predicted molar refractivity (Wildman–Crippen MR) is 53.7 cm³/mol. The van der Waals surface area contributed by atoms with Gasteiger partial charge in [-0.05, 0) is 28.7 Å². The topological polar surface area (TPSA) is 28.7 Å². The van der Waals surface area contributed by atoms with Gasteiger partial charge in [-0.3, -0.25) is 5.10 Å². The van der Waals surface area contributed by atoms with E-state index in [4.69, 9.17) is 0 Å². The minimum Gasteiger partial charge on any atom is -0.276 e. The van der Waals surface area contributed by atoms with Crippen LogP contribution >= 0.6 is 22.6 Å². The van der Waals surface area contributed by atoms with Crippen molar-refractivity contribution < 1.29 is 13.2 Å². The van der Waals surface area contributed by atoms with Crippen molar-refractivity contribution in [3.05, 3.63) is 27.2 Å². The molecule has 1 aromatic heterocycles. The average Bonchev–Trinajstić information content (AvgIpc) is 2.48. The SMILES string of the molecule is Fc1cc2n[nH]c(C(F)F)c2cc1I. The van der Waals surface area contributed by atoms with Crippen LogP contribution in [-0.4, -0.2) is 10.2 Å². The highest BCUT2D eigenvalue weighted by atomic mass is 127. The molecule has 74 valence electrons. The van der Waals surface area contributed by atoms with Gasteiger partial charge in [-0.2, -0.15) is 5.10 Å². The second-order valence-electron chi connectivity index (χ2n) is 2.72. The van der Waals surface area contributed by atoms with Gasteiger partial charge in [0, 0.05) is 15.0 Å². The van der Waals surface area contributed by atoms with Gasteiger partial charge in [-0.1, -0.05) is 0 Å². The van der Waals surface area contributed by atoms with Crippen LogP contribution in [-0.2, 0) is 0 Å². The van der Waals surface area contributed by atoms with Crippen LogP contribution in [0.1, 0.15) is 12.1 Å². The number of H-pyrrole nitrogens is 1. The quantitative estimate of drug-likeness (QED) is 0.805. The Morgan fingerprint density at radius 2 is 2.07 bits per heavy atom. The van der Waals surface area contributed by atoms with Crippen LogP contribution in [0.25, 0.3) is 10.9 Å². The van der Waals surface area contributed by atoms with E-state index in [9.17, 15) is 13.2 Å². The molecule has 2 nitrogen and oxygen atoms in total. The molecule has 0 fully saturated rings. The van der Waals surface area contributed by atoms with E-state index in [-0.39, 0.29) is 16.6 Å². The first kappa shape index (κ1) is 9.75. The van der Waals surface area contributed by atoms with Crippen LogP contribution in [0, 0.1) is 9.39 Å². The van der Waals surface area contributed by atoms with Crippen LogP contribution < -0.4 is 0 Å². The summed E-state index contributed by atoms with van der Waals surface area (Å²) in [5.74, 6) is -0.453. The summed E-state index contributed by atoms with van der Waals surface area (Å²) in [5.41, 5.74) is -0.0452. The third-order valence-electron chi connectivity index (χ3n) is 1.84. The summed E-state index contributed by atoms with van der Waals surface area (Å²) in [7, 11) is 0. The molecule has 0 aliphatic heterocycles. The van der Waals surface area contributed by atoms with Crippen molar-refractivity contribution in [2.24, 2.45) is 0 Å². The number of hydrogen-bond acceptors (Lipinski definition) is 1. The van der Waals surface area contributed by atoms with Crippen LogP contribution in [0.15, 0.2) is 12.1 Å². The Labute approximate surface area is 90.6 Å². The van der Waals surface area contributed by atoms with Gasteiger partial charge in [0.15, 0.2) is 0 Å². The van der Waals surface area contributed by atoms with Gasteiger partial charge in [0.05, 0.1) is 5.52 Å². The largest absolute Gasteiger partial charge is 0.280 e. The lowest BCUT2D eigenvalue weighted by Crippen LogP contribution is -1.86. The molecule has 0 spiro atoms. The van der Waals surface area contributed by atoms with Crippen molar-refractivity contribution in [3.8, 4) is 0 Å². The normalized spacial score (nSPS) is 11.5. The summed E-state index contributed by atoms with van der Waals surface area (Å²) in [6.45, 7) is 0. The molecule has 2 aromatic rings. The molecule has 1 aromatic carbocycles. The number of fused-ring (bicyclic) bond motifs is 1. The van der Waals surface area contributed by atoms with Gasteiger partial charge >= 0.3 is 0 Å². The van der Waals surface area contributed by atoms with Gasteiger partial charge in [-0.15, -0.1) is 0 Å². The maximum Gasteiger partial charge on any atom is 0.280 e. The lowest BCUT2D eigenvalue weighted by molar-refractivity contribution is 0.147. The molecule has 0 saturated heterocycles. The first-order valence-corrected chi connectivity index (χ1v) is 4.78. The first-order chi connectivity index (χ1) is 6.59. The number of nitrogens with zero attached hydrogens (tertiary/aromatic N) is 1. The zero-order valence-corrected chi connectivity index (χ0v) is 8.85. The van der Waals surface area contributed by atoms with Crippen molar-refractivity contribution in [1.82, 2.24) is 10.2 Å². The Morgan fingerprint density at radius 1 is 1.36 bits per heavy atom. The fourth-order valence-corrected chi connectivity index (χ4v) is 1.66. The lowest BCUT2D eigenvalue weighted by Gasteiger charge is -1.97. The molecule has 0 aliphatic rings. The Hall–Kier alpha value is -0.790. The molecule has 6 heteroatoms. The minimum atomic E-state index is -2.62. The molecule has 0 radical (unpaired) electrons. The smallest absolute Gasteiger partial charge is 0.276 e. The minimum absolute atomic E-state index is 0.221. The van der Waals surface area contributed by atoms with E-state index in [0.717, 1.165) is 6.07 Å². The summed E-state index contributed by atoms with van der Waals surface area (Å²) in [5, 5.41) is 6.06. The molecule has 0 amide bonds. The number of alkyl halides is 2. The number of aromatic nitrogens is 2. The number of aromatic amines is 1. The fourth-order valence-electron chi connectivity index (χ4n) is 1.19. The molecule has 1 heterocycles. The zero-order valence-electron chi connectivity index (χ0n) is 6.69. The number of hydrogen-bond donors (Lipinski definition) is 1. The van der Waals surface area contributed by atoms with Crippen molar-refractivity contribution >= 4 is 33.5 Å². The molecule has 14 heavy (non-hydrogen) atoms. The monoisotopic (exact) mass is 312 g/mol. The zero-order chi connectivity index (χ0) is 10.3. The summed E-state index contributed by atoms with van der Waals surface area (Å²) in [6.07, 6.45) is -2.62. The summed E-state index contributed by atoms with van der Waals surface area (Å²) in [4.78, 5) is 0. The standard InChI is InChI=1S/C8H4F3IN2/c9-4-2-6-3(1-5(4)12)7(8(10)11)14-13-6/h1-2,8H,(H,13,14). The van der Waals surface area contributed by atoms with Gasteiger partial charge in [0.1, 0.15) is 11.5 Å². The molecule has 0 saturated carbocycles. The molecule has 0 bridgehead atoms. The van der Waals surface area contributed by atoms with Crippen LogP contribution in [0.5, 0.6) is 0 Å². The van der Waals surface area contributed by atoms with E-state index in [0.29, 0.717) is 3.57 Å². The number of halogens is 4. The van der Waals surface area contributed by atoms with Crippen LogP contribution in [0.2, 0.25) is 0 Å². The van der Waals surface area contributed by atoms with E-state index in [1.807, 2.05) is 0 Å². The van der Waals surface area contributed by atoms with E-state index in [1.54, 1.807) is 22.6 Å². The van der Waals surface area contributed by atoms with Crippen LogP contribution in [0.3, 0.4) is 0 Å². The highest BCUT2D eigenvalue weighted by Crippen LogP contribution is 2.27. The molecule has 0 aliphatic carbocycles. The molecule has 0 atom stereocenters. The average molecular weight is 312 g/mol. The fraction of sp³-hybridized carbons (Fsp3) is 0.125. The Balaban J connectivity index is 2.74. The summed E-state index contributed by atoms with van der Waals surface area (Å²) < 4.78 is 38.1. The molecule has 1 N–H and O–H groups in total. The van der Waals surface area contributed by atoms with E-state index in [2.05, 4.69) is 10.2 Å². The summed E-state index contributed by atoms with van der Waals surface area (Å²) in [6, 6.07) is 2.50. The second-order valence-corrected chi connectivity index (χ2v) is 3.88. The third kappa shape index (κ3) is 1.47. The van der Waals surface area contributed by atoms with Crippen molar-refractivity contribution in [2.45, 2.75) is 6.43 Å². The van der Waals surface area contributed by atoms with Crippen LogP contribution in [0.4, 0.5) is 13.2 Å².